The number of nitrogens with one attached hydrogen (secondary N) is 1. The van der Waals surface area contributed by atoms with Gasteiger partial charge >= 0.3 is 0 Å². The highest BCUT2D eigenvalue weighted by molar-refractivity contribution is 9.10. The van der Waals surface area contributed by atoms with E-state index < -0.39 is 25.1 Å². The van der Waals surface area contributed by atoms with E-state index in [1.807, 2.05) is 24.3 Å². The Bertz CT molecular complexity index is 654. The molecule has 20 heavy (non-hydrogen) atoms. The minimum atomic E-state index is -3.47. The lowest BCUT2D eigenvalue weighted by Crippen LogP contribution is -2.39. The molecule has 0 aromatic heterocycles. The number of halogens is 1. The quantitative estimate of drug-likeness (QED) is 0.855. The Kier molecular flexibility index (Phi) is 4.88. The summed E-state index contributed by atoms with van der Waals surface area (Å²) >= 11 is 3.31. The Morgan fingerprint density at radius 3 is 2.25 bits per heavy atom. The average molecular weight is 382 g/mol. The van der Waals surface area contributed by atoms with Gasteiger partial charge in [-0.25, -0.2) is 21.6 Å². The van der Waals surface area contributed by atoms with Gasteiger partial charge in [-0.1, -0.05) is 28.1 Å². The normalized spacial score (nSPS) is 19.9. The van der Waals surface area contributed by atoms with Crippen molar-refractivity contribution < 1.29 is 16.8 Å². The van der Waals surface area contributed by atoms with Gasteiger partial charge in [0.05, 0.1) is 16.8 Å². The highest BCUT2D eigenvalue weighted by Gasteiger charge is 2.32. The predicted octanol–water partition coefficient (Wildman–Crippen LogP) is 1.45. The van der Waals surface area contributed by atoms with Gasteiger partial charge in [-0.05, 0) is 30.5 Å². The molecule has 1 aromatic rings. The van der Waals surface area contributed by atoms with Crippen LogP contribution in [0.25, 0.3) is 0 Å². The van der Waals surface area contributed by atoms with E-state index in [2.05, 4.69) is 20.7 Å². The fourth-order valence-electron chi connectivity index (χ4n) is 2.08. The van der Waals surface area contributed by atoms with Gasteiger partial charge in [0.1, 0.15) is 9.84 Å². The third-order valence-corrected chi connectivity index (χ3v) is 7.47. The molecule has 1 aliphatic rings. The van der Waals surface area contributed by atoms with Gasteiger partial charge < -0.3 is 0 Å². The van der Waals surface area contributed by atoms with Gasteiger partial charge in [0.15, 0.2) is 0 Å². The lowest BCUT2D eigenvalue weighted by molar-refractivity contribution is 0.542. The number of rotatable bonds is 4. The fourth-order valence-corrected chi connectivity index (χ4v) is 5.60. The number of hydrogen-bond acceptors (Lipinski definition) is 4. The zero-order valence-electron chi connectivity index (χ0n) is 10.7. The van der Waals surface area contributed by atoms with Crippen molar-refractivity contribution in [1.29, 1.82) is 0 Å². The van der Waals surface area contributed by atoms with E-state index in [0.29, 0.717) is 0 Å². The Morgan fingerprint density at radius 2 is 1.70 bits per heavy atom. The summed E-state index contributed by atoms with van der Waals surface area (Å²) in [6.07, 6.45) is 0.357. The van der Waals surface area contributed by atoms with Crippen LogP contribution in [-0.4, -0.2) is 33.6 Å². The molecule has 1 saturated heterocycles. The van der Waals surface area contributed by atoms with E-state index in [-0.39, 0.29) is 30.9 Å². The Morgan fingerprint density at radius 1 is 1.15 bits per heavy atom. The Labute approximate surface area is 127 Å². The van der Waals surface area contributed by atoms with Crippen LogP contribution in [0.2, 0.25) is 0 Å². The summed E-state index contributed by atoms with van der Waals surface area (Å²) in [6, 6.07) is 7.35. The van der Waals surface area contributed by atoms with E-state index in [9.17, 15) is 16.8 Å². The maximum Gasteiger partial charge on any atom is 0.214 e. The van der Waals surface area contributed by atoms with E-state index in [1.165, 1.54) is 0 Å². The number of hydrogen-bond donors (Lipinski definition) is 1. The molecular weight excluding hydrogens is 366 g/mol. The van der Waals surface area contributed by atoms with Crippen LogP contribution < -0.4 is 4.72 Å². The minimum absolute atomic E-state index is 0.0448. The van der Waals surface area contributed by atoms with Gasteiger partial charge in [0.2, 0.25) is 10.0 Å². The monoisotopic (exact) mass is 381 g/mol. The van der Waals surface area contributed by atoms with Gasteiger partial charge in [-0.3, -0.25) is 0 Å². The minimum Gasteiger partial charge on any atom is -0.229 e. The number of sulfone groups is 1. The van der Waals surface area contributed by atoms with E-state index in [1.54, 1.807) is 0 Å². The first-order valence-electron chi connectivity index (χ1n) is 6.22. The fraction of sp³-hybridized carbons (Fsp3) is 0.500. The van der Waals surface area contributed by atoms with Gasteiger partial charge in [0.25, 0.3) is 0 Å². The predicted molar refractivity (Wildman–Crippen MR) is 81.6 cm³/mol. The molecule has 0 amide bonds. The maximum atomic E-state index is 12.1. The average Bonchev–Trinajstić information content (AvgIpc) is 2.38. The van der Waals surface area contributed by atoms with Crippen molar-refractivity contribution in [1.82, 2.24) is 4.72 Å². The van der Waals surface area contributed by atoms with E-state index in [0.717, 1.165) is 10.0 Å². The first-order chi connectivity index (χ1) is 9.28. The van der Waals surface area contributed by atoms with Crippen LogP contribution in [0.5, 0.6) is 0 Å². The van der Waals surface area contributed by atoms with E-state index >= 15 is 0 Å². The molecule has 0 radical (unpaired) electrons. The van der Waals surface area contributed by atoms with Crippen LogP contribution in [-0.2, 0) is 26.4 Å². The van der Waals surface area contributed by atoms with Gasteiger partial charge in [-0.2, -0.15) is 0 Å². The van der Waals surface area contributed by atoms with Crippen LogP contribution in [0.1, 0.15) is 18.4 Å². The van der Waals surface area contributed by atoms with Crippen LogP contribution in [0.4, 0.5) is 0 Å². The van der Waals surface area contributed by atoms with Gasteiger partial charge in [0, 0.05) is 11.0 Å². The van der Waals surface area contributed by atoms with Crippen LogP contribution in [0.3, 0.4) is 0 Å². The molecule has 1 fully saturated rings. The van der Waals surface area contributed by atoms with Crippen molar-refractivity contribution in [3.8, 4) is 0 Å². The summed E-state index contributed by atoms with van der Waals surface area (Å²) in [5.74, 6) is -0.0896. The molecule has 112 valence electrons. The molecule has 0 unspecified atom stereocenters. The van der Waals surface area contributed by atoms with Crippen molar-refractivity contribution >= 4 is 35.8 Å². The maximum absolute atomic E-state index is 12.1. The lowest BCUT2D eigenvalue weighted by atomic mass is 10.2. The van der Waals surface area contributed by atoms with E-state index in [4.69, 9.17) is 0 Å². The summed E-state index contributed by atoms with van der Waals surface area (Å²) < 4.78 is 50.4. The smallest absolute Gasteiger partial charge is 0.214 e. The van der Waals surface area contributed by atoms with Crippen molar-refractivity contribution in [2.24, 2.45) is 0 Å². The first kappa shape index (κ1) is 15.9. The third-order valence-electron chi connectivity index (χ3n) is 3.33. The van der Waals surface area contributed by atoms with Crippen molar-refractivity contribution in [2.75, 3.05) is 11.5 Å². The second-order valence-electron chi connectivity index (χ2n) is 4.84. The molecule has 8 heteroatoms. The zero-order valence-corrected chi connectivity index (χ0v) is 14.0. The summed E-state index contributed by atoms with van der Waals surface area (Å²) in [4.78, 5) is 0. The molecule has 1 aromatic carbocycles. The SMILES string of the molecule is O=S1(=O)CCC(S(=O)(=O)NCc2ccc(Br)cc2)CC1. The molecule has 0 atom stereocenters. The molecule has 0 saturated carbocycles. The first-order valence-corrected chi connectivity index (χ1v) is 10.4. The summed E-state index contributed by atoms with van der Waals surface area (Å²) in [5, 5.41) is -0.610. The third kappa shape index (κ3) is 4.28. The molecule has 0 spiro atoms. The molecule has 5 nitrogen and oxygen atoms in total. The van der Waals surface area contributed by atoms with Crippen LogP contribution >= 0.6 is 15.9 Å². The lowest BCUT2D eigenvalue weighted by Gasteiger charge is -2.22. The topological polar surface area (TPSA) is 80.3 Å². The van der Waals surface area contributed by atoms with Crippen molar-refractivity contribution in [3.63, 3.8) is 0 Å². The summed E-state index contributed by atoms with van der Waals surface area (Å²) in [7, 11) is -6.51. The largest absolute Gasteiger partial charge is 0.229 e. The Hall–Kier alpha value is -0.440. The van der Waals surface area contributed by atoms with Crippen LogP contribution in [0.15, 0.2) is 28.7 Å². The molecule has 0 bridgehead atoms. The Balaban J connectivity index is 1.96. The molecule has 0 aliphatic carbocycles. The van der Waals surface area contributed by atoms with Crippen LogP contribution in [0, 0.1) is 0 Å². The summed E-state index contributed by atoms with van der Waals surface area (Å²) in [5.41, 5.74) is 0.861. The highest BCUT2D eigenvalue weighted by atomic mass is 79.9. The summed E-state index contributed by atoms with van der Waals surface area (Å²) in [6.45, 7) is 0.221. The highest BCUT2D eigenvalue weighted by Crippen LogP contribution is 2.19. The molecule has 1 heterocycles. The van der Waals surface area contributed by atoms with Crippen molar-refractivity contribution in [3.05, 3.63) is 34.3 Å². The molecular formula is C12H16BrNO4S2. The van der Waals surface area contributed by atoms with Crippen molar-refractivity contribution in [2.45, 2.75) is 24.6 Å². The van der Waals surface area contributed by atoms with Gasteiger partial charge in [-0.15, -0.1) is 0 Å². The zero-order chi connectivity index (χ0) is 14.8. The molecule has 2 rings (SSSR count). The second-order valence-corrected chi connectivity index (χ2v) is 10.1. The standard InChI is InChI=1S/C12H16BrNO4S2/c13-11-3-1-10(2-4-11)9-14-20(17,18)12-5-7-19(15,16)8-6-12/h1-4,12,14H,5-9H2. The second kappa shape index (κ2) is 6.13. The number of benzene rings is 1. The molecule has 1 N–H and O–H groups in total. The number of sulfonamides is 1. The molecule has 1 aliphatic heterocycles.